The third-order valence-electron chi connectivity index (χ3n) is 1.19. The van der Waals surface area contributed by atoms with Crippen LogP contribution in [0.15, 0.2) is 5.38 Å². The van der Waals surface area contributed by atoms with Crippen LogP contribution in [-0.4, -0.2) is 20.1 Å². The van der Waals surface area contributed by atoms with E-state index in [4.69, 9.17) is 34.8 Å². The summed E-state index contributed by atoms with van der Waals surface area (Å²) >= 11 is 17.6. The first-order chi connectivity index (χ1) is 5.89. The number of anilines is 1. The highest BCUT2D eigenvalue weighted by atomic mass is 35.6. The third-order valence-corrected chi connectivity index (χ3v) is 2.70. The lowest BCUT2D eigenvalue weighted by atomic mass is 10.6. The van der Waals surface area contributed by atoms with Crippen molar-refractivity contribution in [3.63, 3.8) is 0 Å². The van der Waals surface area contributed by atoms with Crippen molar-refractivity contribution in [2.24, 2.45) is 0 Å². The van der Waals surface area contributed by atoms with E-state index in [9.17, 15) is 5.11 Å². The minimum Gasteiger partial charge on any atom is -0.369 e. The first kappa shape index (κ1) is 11.3. The van der Waals surface area contributed by atoms with Gasteiger partial charge in [-0.3, -0.25) is 0 Å². The van der Waals surface area contributed by atoms with Crippen LogP contribution in [0.25, 0.3) is 0 Å². The van der Waals surface area contributed by atoms with Gasteiger partial charge in [0.05, 0.1) is 5.69 Å². The minimum absolute atomic E-state index is 0.524. The molecule has 0 amide bonds. The standard InChI is InChI=1S/C6H7Cl3N2OS/c1-3-2-13-5(10-3)11-4(12)6(7,8)9/h2,4,12H,1H3,(H,10,11)/t4-/m1/s1. The highest BCUT2D eigenvalue weighted by Gasteiger charge is 2.31. The zero-order chi connectivity index (χ0) is 10.1. The average molecular weight is 262 g/mol. The Morgan fingerprint density at radius 1 is 1.62 bits per heavy atom. The summed E-state index contributed by atoms with van der Waals surface area (Å²) in [5, 5.41) is 14.2. The molecule has 1 aromatic rings. The zero-order valence-electron chi connectivity index (χ0n) is 6.59. The molecule has 0 saturated carbocycles. The zero-order valence-corrected chi connectivity index (χ0v) is 9.68. The van der Waals surface area contributed by atoms with E-state index in [1.165, 1.54) is 11.3 Å². The minimum atomic E-state index is -1.75. The molecule has 7 heteroatoms. The maximum atomic E-state index is 9.31. The van der Waals surface area contributed by atoms with Crippen LogP contribution in [0.2, 0.25) is 0 Å². The number of hydrogen-bond donors (Lipinski definition) is 2. The quantitative estimate of drug-likeness (QED) is 0.635. The molecule has 0 spiro atoms. The summed E-state index contributed by atoms with van der Waals surface area (Å²) in [5.74, 6) is 0. The highest BCUT2D eigenvalue weighted by Crippen LogP contribution is 2.31. The molecule has 1 atom stereocenters. The van der Waals surface area contributed by atoms with Gasteiger partial charge in [-0.25, -0.2) is 4.98 Å². The summed E-state index contributed by atoms with van der Waals surface area (Å²) in [6, 6.07) is 0. The maximum absolute atomic E-state index is 9.31. The molecule has 1 heterocycles. The van der Waals surface area contributed by atoms with Crippen molar-refractivity contribution in [3.05, 3.63) is 11.1 Å². The lowest BCUT2D eigenvalue weighted by Gasteiger charge is -2.19. The Balaban J connectivity index is 2.60. The summed E-state index contributed by atoms with van der Waals surface area (Å²) in [6.45, 7) is 1.84. The molecule has 13 heavy (non-hydrogen) atoms. The van der Waals surface area contributed by atoms with Crippen molar-refractivity contribution in [2.75, 3.05) is 5.32 Å². The summed E-state index contributed by atoms with van der Waals surface area (Å²) in [5.41, 5.74) is 0.851. The first-order valence-corrected chi connectivity index (χ1v) is 5.34. The van der Waals surface area contributed by atoms with Gasteiger partial charge in [-0.15, -0.1) is 11.3 Å². The Morgan fingerprint density at radius 3 is 2.62 bits per heavy atom. The molecule has 1 aromatic heterocycles. The van der Waals surface area contributed by atoms with Crippen molar-refractivity contribution >= 4 is 51.3 Å². The largest absolute Gasteiger partial charge is 0.369 e. The van der Waals surface area contributed by atoms with Crippen LogP contribution in [0.1, 0.15) is 5.69 Å². The van der Waals surface area contributed by atoms with Crippen LogP contribution >= 0.6 is 46.1 Å². The smallest absolute Gasteiger partial charge is 0.234 e. The molecule has 3 nitrogen and oxygen atoms in total. The van der Waals surface area contributed by atoms with Gasteiger partial charge in [-0.1, -0.05) is 34.8 Å². The van der Waals surface area contributed by atoms with Gasteiger partial charge in [0.2, 0.25) is 3.79 Å². The monoisotopic (exact) mass is 260 g/mol. The molecule has 0 aromatic carbocycles. The number of rotatable bonds is 2. The molecule has 0 aliphatic rings. The number of thiazole rings is 1. The van der Waals surface area contributed by atoms with Gasteiger partial charge in [-0.2, -0.15) is 0 Å². The van der Waals surface area contributed by atoms with Gasteiger partial charge in [0.1, 0.15) is 0 Å². The van der Waals surface area contributed by atoms with Crippen molar-refractivity contribution < 1.29 is 5.11 Å². The molecule has 0 radical (unpaired) electrons. The topological polar surface area (TPSA) is 45.1 Å². The van der Waals surface area contributed by atoms with E-state index in [1.54, 1.807) is 0 Å². The molecule has 0 saturated heterocycles. The fourth-order valence-corrected chi connectivity index (χ4v) is 1.49. The Labute approximate surface area is 94.6 Å². The molecule has 0 fully saturated rings. The number of alkyl halides is 3. The van der Waals surface area contributed by atoms with Crippen molar-refractivity contribution in [3.8, 4) is 0 Å². The van der Waals surface area contributed by atoms with Crippen molar-refractivity contribution in [2.45, 2.75) is 16.9 Å². The van der Waals surface area contributed by atoms with Gasteiger partial charge in [0.15, 0.2) is 11.4 Å². The SMILES string of the molecule is Cc1csc(N[C@H](O)C(Cl)(Cl)Cl)n1. The number of aliphatic hydroxyl groups excluding tert-OH is 1. The van der Waals surface area contributed by atoms with Crippen LogP contribution in [0.4, 0.5) is 5.13 Å². The molecule has 74 valence electrons. The lowest BCUT2D eigenvalue weighted by molar-refractivity contribution is 0.208. The third kappa shape index (κ3) is 3.48. The predicted molar refractivity (Wildman–Crippen MR) is 56.8 cm³/mol. The first-order valence-electron chi connectivity index (χ1n) is 3.33. The van der Waals surface area contributed by atoms with E-state index < -0.39 is 10.0 Å². The fourth-order valence-electron chi connectivity index (χ4n) is 0.619. The lowest BCUT2D eigenvalue weighted by Crippen LogP contribution is -2.33. The van der Waals surface area contributed by atoms with Gasteiger partial charge in [-0.05, 0) is 6.92 Å². The molecule has 0 unspecified atom stereocenters. The second-order valence-electron chi connectivity index (χ2n) is 2.38. The molecule has 1 rings (SSSR count). The predicted octanol–water partition coefficient (Wildman–Crippen LogP) is 2.55. The molecule has 0 aliphatic carbocycles. The van der Waals surface area contributed by atoms with E-state index in [-0.39, 0.29) is 0 Å². The Bertz CT molecular complexity index is 286. The molecule has 0 bridgehead atoms. The fraction of sp³-hybridized carbons (Fsp3) is 0.500. The van der Waals surface area contributed by atoms with E-state index >= 15 is 0 Å². The van der Waals surface area contributed by atoms with E-state index in [2.05, 4.69) is 10.3 Å². The van der Waals surface area contributed by atoms with Crippen LogP contribution in [0.5, 0.6) is 0 Å². The number of hydrogen-bond acceptors (Lipinski definition) is 4. The number of aliphatic hydroxyl groups is 1. The maximum Gasteiger partial charge on any atom is 0.234 e. The average Bonchev–Trinajstić information content (AvgIpc) is 2.33. The second-order valence-corrected chi connectivity index (χ2v) is 5.61. The summed E-state index contributed by atoms with van der Waals surface area (Å²) in [7, 11) is 0. The molecular weight excluding hydrogens is 255 g/mol. The highest BCUT2D eigenvalue weighted by molar-refractivity contribution is 7.13. The number of halogens is 3. The van der Waals surface area contributed by atoms with Crippen LogP contribution in [0, 0.1) is 6.92 Å². The second kappa shape index (κ2) is 4.19. The van der Waals surface area contributed by atoms with Gasteiger partial charge < -0.3 is 10.4 Å². The molecule has 2 N–H and O–H groups in total. The molecule has 0 aliphatic heterocycles. The number of nitrogens with one attached hydrogen (secondary N) is 1. The summed E-state index contributed by atoms with van der Waals surface area (Å²) in [4.78, 5) is 4.04. The van der Waals surface area contributed by atoms with Crippen LogP contribution < -0.4 is 5.32 Å². The van der Waals surface area contributed by atoms with Crippen LogP contribution in [0.3, 0.4) is 0 Å². The van der Waals surface area contributed by atoms with E-state index in [0.717, 1.165) is 5.69 Å². The van der Waals surface area contributed by atoms with E-state index in [0.29, 0.717) is 5.13 Å². The Kier molecular flexibility index (Phi) is 3.65. The van der Waals surface area contributed by atoms with Crippen molar-refractivity contribution in [1.29, 1.82) is 0 Å². The van der Waals surface area contributed by atoms with E-state index in [1.807, 2.05) is 12.3 Å². The number of aryl methyl sites for hydroxylation is 1. The number of nitrogens with zero attached hydrogens (tertiary/aromatic N) is 1. The Hall–Kier alpha value is 0.260. The van der Waals surface area contributed by atoms with Crippen LogP contribution in [-0.2, 0) is 0 Å². The summed E-state index contributed by atoms with van der Waals surface area (Å²) in [6.07, 6.45) is -1.26. The van der Waals surface area contributed by atoms with Gasteiger partial charge >= 0.3 is 0 Å². The van der Waals surface area contributed by atoms with Gasteiger partial charge in [0, 0.05) is 5.38 Å². The summed E-state index contributed by atoms with van der Waals surface area (Å²) < 4.78 is -1.75. The van der Waals surface area contributed by atoms with Gasteiger partial charge in [0.25, 0.3) is 0 Å². The molecular formula is C6H7Cl3N2OS. The van der Waals surface area contributed by atoms with Crippen molar-refractivity contribution in [1.82, 2.24) is 4.98 Å². The normalized spacial score (nSPS) is 14.2. The Morgan fingerprint density at radius 2 is 2.23 bits per heavy atom. The number of aromatic nitrogens is 1.